The average Bonchev–Trinajstić information content (AvgIpc) is 3.42. The van der Waals surface area contributed by atoms with E-state index in [1.54, 1.807) is 44.6 Å². The van der Waals surface area contributed by atoms with Crippen LogP contribution < -0.4 is 28.4 Å². The summed E-state index contributed by atoms with van der Waals surface area (Å²) in [5, 5.41) is 0. The summed E-state index contributed by atoms with van der Waals surface area (Å²) in [6.45, 7) is 11.1. The molecule has 0 radical (unpaired) electrons. The number of hydrogen-bond acceptors (Lipinski definition) is 14. The summed E-state index contributed by atoms with van der Waals surface area (Å²) in [6.07, 6.45) is 25.0. The van der Waals surface area contributed by atoms with Gasteiger partial charge in [0.25, 0.3) is 0 Å². The van der Waals surface area contributed by atoms with Gasteiger partial charge in [0.05, 0.1) is 73.0 Å². The molecule has 3 aromatic rings. The first-order valence-electron chi connectivity index (χ1n) is 27.4. The van der Waals surface area contributed by atoms with Gasteiger partial charge in [0.15, 0.2) is 23.0 Å². The van der Waals surface area contributed by atoms with Gasteiger partial charge in [0.2, 0.25) is 0 Å². The molecule has 0 aliphatic rings. The number of esters is 4. The van der Waals surface area contributed by atoms with Crippen molar-refractivity contribution in [1.29, 1.82) is 0 Å². The lowest BCUT2D eigenvalue weighted by atomic mass is 9.91. The molecule has 0 spiro atoms. The zero-order chi connectivity index (χ0) is 54.4. The number of rotatable bonds is 42. The first-order chi connectivity index (χ1) is 36.4. The summed E-state index contributed by atoms with van der Waals surface area (Å²) >= 11 is 0. The molecule has 0 amide bonds. The summed E-state index contributed by atoms with van der Waals surface area (Å²) in [4.78, 5) is 49.5. The Morgan fingerprint density at radius 2 is 0.868 bits per heavy atom. The summed E-state index contributed by atoms with van der Waals surface area (Å²) in [5.41, 5.74) is 1.52. The molecule has 0 N–H and O–H groups in total. The zero-order valence-electron chi connectivity index (χ0n) is 47.0. The van der Waals surface area contributed by atoms with Crippen LogP contribution >= 0.6 is 9.90 Å². The van der Waals surface area contributed by atoms with E-state index >= 15 is 0 Å². The first kappa shape index (κ1) is 66.4. The maximum absolute atomic E-state index is 13.5. The van der Waals surface area contributed by atoms with Crippen molar-refractivity contribution in [2.45, 2.75) is 156 Å². The monoisotopic (exact) mass is 1080 g/mol. The summed E-state index contributed by atoms with van der Waals surface area (Å²) < 4.78 is 56.3. The molecule has 0 fully saturated rings. The third-order valence-electron chi connectivity index (χ3n) is 12.6. The van der Waals surface area contributed by atoms with E-state index in [-0.39, 0.29) is 15.9 Å². The molecule has 1 atom stereocenters. The second-order valence-corrected chi connectivity index (χ2v) is 19.1. The third kappa shape index (κ3) is 27.9. The van der Waals surface area contributed by atoms with E-state index < -0.39 is 23.3 Å². The van der Waals surface area contributed by atoms with Crippen LogP contribution in [0.1, 0.15) is 178 Å². The van der Waals surface area contributed by atoms with Gasteiger partial charge in [-0.1, -0.05) is 77.3 Å². The van der Waals surface area contributed by atoms with Crippen LogP contribution in [0.3, 0.4) is 0 Å². The van der Waals surface area contributed by atoms with E-state index in [0.29, 0.717) is 86.3 Å². The van der Waals surface area contributed by atoms with Crippen molar-refractivity contribution in [3.63, 3.8) is 0 Å². The molecule has 0 bridgehead atoms. The largest absolute Gasteiger partial charge is 0.494 e. The second kappa shape index (κ2) is 40.5. The van der Waals surface area contributed by atoms with Gasteiger partial charge in [-0.3, -0.25) is 4.79 Å². The Labute approximate surface area is 457 Å². The SMILES string of the molecule is CCCCOc1ccc(/C=C/C(=O)OCCCCCCOc2ccc(OCCCCCCOc3ccc(/C=C/C(=O)OC)cc3OC)cc2C(=O)OCCCCCCCCCCCOC(=O)C(C)(C)CC)cc1OC.P. The lowest BCUT2D eigenvalue weighted by molar-refractivity contribution is -0.154. The van der Waals surface area contributed by atoms with E-state index in [2.05, 4.69) is 11.7 Å². The molecule has 3 rings (SSSR count). The number of carbonyl (C=O) groups excluding carboxylic acids is 4. The summed E-state index contributed by atoms with van der Waals surface area (Å²) in [6, 6.07) is 16.3. The molecular weight excluding hydrogens is 988 g/mol. The summed E-state index contributed by atoms with van der Waals surface area (Å²) in [7, 11) is 4.51. The highest BCUT2D eigenvalue weighted by Gasteiger charge is 2.26. The van der Waals surface area contributed by atoms with Crippen LogP contribution in [0.2, 0.25) is 0 Å². The fourth-order valence-corrected chi connectivity index (χ4v) is 7.50. The highest BCUT2D eigenvalue weighted by molar-refractivity contribution is 6.92. The Kier molecular flexibility index (Phi) is 35.4. The zero-order valence-corrected chi connectivity index (χ0v) is 48.4. The molecule has 3 aromatic carbocycles. The highest BCUT2D eigenvalue weighted by Crippen LogP contribution is 2.31. The maximum Gasteiger partial charge on any atom is 0.342 e. The van der Waals surface area contributed by atoms with Gasteiger partial charge in [0.1, 0.15) is 17.1 Å². The van der Waals surface area contributed by atoms with E-state index in [1.807, 2.05) is 57.2 Å². The second-order valence-electron chi connectivity index (χ2n) is 19.1. The van der Waals surface area contributed by atoms with Crippen molar-refractivity contribution >= 4 is 45.9 Å². The lowest BCUT2D eigenvalue weighted by Gasteiger charge is -2.20. The molecule has 0 saturated carbocycles. The van der Waals surface area contributed by atoms with Gasteiger partial charge < -0.3 is 47.4 Å². The van der Waals surface area contributed by atoms with Gasteiger partial charge >= 0.3 is 23.9 Å². The highest BCUT2D eigenvalue weighted by atomic mass is 31.0. The number of methoxy groups -OCH3 is 3. The predicted octanol–water partition coefficient (Wildman–Crippen LogP) is 14.0. The minimum atomic E-state index is -0.438. The lowest BCUT2D eigenvalue weighted by Crippen LogP contribution is -2.26. The van der Waals surface area contributed by atoms with Gasteiger partial charge in [-0.25, -0.2) is 14.4 Å². The van der Waals surface area contributed by atoms with Crippen LogP contribution in [0.15, 0.2) is 66.7 Å². The Morgan fingerprint density at radius 3 is 1.36 bits per heavy atom. The van der Waals surface area contributed by atoms with Crippen molar-refractivity contribution in [2.24, 2.45) is 5.41 Å². The van der Waals surface area contributed by atoms with Crippen molar-refractivity contribution in [3.05, 3.63) is 83.4 Å². The molecule has 0 aliphatic carbocycles. The number of unbranched alkanes of at least 4 members (excludes halogenated alkanes) is 15. The van der Waals surface area contributed by atoms with Crippen molar-refractivity contribution < 1.29 is 66.5 Å². The van der Waals surface area contributed by atoms with Crippen LogP contribution in [0.5, 0.6) is 34.5 Å². The number of hydrogen-bond donors (Lipinski definition) is 0. The fourth-order valence-electron chi connectivity index (χ4n) is 7.50. The van der Waals surface area contributed by atoms with Crippen LogP contribution in [0.4, 0.5) is 0 Å². The van der Waals surface area contributed by atoms with E-state index in [4.69, 9.17) is 42.6 Å². The van der Waals surface area contributed by atoms with E-state index in [9.17, 15) is 19.2 Å². The fraction of sp³-hybridized carbons (Fsp3) is 0.574. The normalized spacial score (nSPS) is 11.2. The topological polar surface area (TPSA) is 161 Å². The maximum atomic E-state index is 13.5. The molecule has 0 aliphatic heterocycles. The van der Waals surface area contributed by atoms with Gasteiger partial charge in [-0.2, -0.15) is 9.90 Å². The standard InChI is InChI=1S/C61H88O14.H3P/c1-8-10-38-71-53-33-29-49(46-55(53)66-5)31-37-58(63)73-42-25-21-20-23-40-70-52-35-32-50(69-39-22-18-19-24-41-72-54-34-28-48(45-56(54)67-6)30-36-57(62)68-7)47-51(52)59(64)74-43-26-16-14-12-11-13-15-17-27-44-75-60(65)61(3,4)9-2;/h28-37,45-47H,8-27,38-44H2,1-7H3;1H3/b36-30+,37-31+;. The smallest absolute Gasteiger partial charge is 0.342 e. The molecule has 14 nitrogen and oxygen atoms in total. The Bertz CT molecular complexity index is 2170. The van der Waals surface area contributed by atoms with Crippen LogP contribution in [-0.2, 0) is 33.3 Å². The van der Waals surface area contributed by atoms with Gasteiger partial charge in [-0.05, 0) is 157 Å². The molecule has 76 heavy (non-hydrogen) atoms. The van der Waals surface area contributed by atoms with Gasteiger partial charge in [-0.15, -0.1) is 0 Å². The van der Waals surface area contributed by atoms with Crippen molar-refractivity contribution in [1.82, 2.24) is 0 Å². The summed E-state index contributed by atoms with van der Waals surface area (Å²) in [5.74, 6) is 2.15. The number of carbonyl (C=O) groups is 4. The van der Waals surface area contributed by atoms with Crippen LogP contribution in [-0.4, -0.2) is 91.5 Å². The Morgan fingerprint density at radius 1 is 0.447 bits per heavy atom. The number of benzene rings is 3. The van der Waals surface area contributed by atoms with Crippen LogP contribution in [0.25, 0.3) is 12.2 Å². The molecule has 0 heterocycles. The molecule has 1 unspecified atom stereocenters. The minimum absolute atomic E-state index is 0. The van der Waals surface area contributed by atoms with Crippen molar-refractivity contribution in [2.75, 3.05) is 67.6 Å². The van der Waals surface area contributed by atoms with E-state index in [1.165, 1.54) is 19.3 Å². The molecule has 0 aromatic heterocycles. The number of ether oxygens (including phenoxy) is 10. The average molecular weight is 1080 g/mol. The third-order valence-corrected chi connectivity index (χ3v) is 12.6. The minimum Gasteiger partial charge on any atom is -0.494 e. The Hall–Kier alpha value is -5.75. The molecule has 0 saturated heterocycles. The quantitative estimate of drug-likeness (QED) is 0.0173. The molecular formula is C61H91O14P. The van der Waals surface area contributed by atoms with Gasteiger partial charge in [0, 0.05) is 12.2 Å². The molecule has 424 valence electrons. The Balaban J connectivity index is 0.0000198. The predicted molar refractivity (Wildman–Crippen MR) is 305 cm³/mol. The van der Waals surface area contributed by atoms with E-state index in [0.717, 1.165) is 140 Å². The first-order valence-corrected chi connectivity index (χ1v) is 27.4. The van der Waals surface area contributed by atoms with Crippen molar-refractivity contribution in [3.8, 4) is 34.5 Å². The molecule has 15 heteroatoms. The van der Waals surface area contributed by atoms with Crippen LogP contribution in [0, 0.1) is 5.41 Å².